The molecule has 1 aromatic rings. The Labute approximate surface area is 103 Å². The summed E-state index contributed by atoms with van der Waals surface area (Å²) >= 11 is 0. The number of aryl methyl sites for hydroxylation is 1. The van der Waals surface area contributed by atoms with Gasteiger partial charge in [0.1, 0.15) is 5.60 Å². The van der Waals surface area contributed by atoms with E-state index in [1.54, 1.807) is 6.20 Å². The van der Waals surface area contributed by atoms with Crippen LogP contribution in [0.2, 0.25) is 0 Å². The summed E-state index contributed by atoms with van der Waals surface area (Å²) in [4.78, 5) is 0. The molecule has 0 aromatic carbocycles. The molecule has 4 nitrogen and oxygen atoms in total. The van der Waals surface area contributed by atoms with Crippen LogP contribution in [0.5, 0.6) is 0 Å². The van der Waals surface area contributed by atoms with E-state index in [0.29, 0.717) is 5.41 Å². The van der Waals surface area contributed by atoms with Crippen molar-refractivity contribution < 1.29 is 5.11 Å². The van der Waals surface area contributed by atoms with Crippen LogP contribution in [0, 0.1) is 5.41 Å². The van der Waals surface area contributed by atoms with Gasteiger partial charge in [-0.3, -0.25) is 0 Å². The van der Waals surface area contributed by atoms with Crippen LogP contribution in [-0.4, -0.2) is 20.1 Å². The summed E-state index contributed by atoms with van der Waals surface area (Å²) in [5.74, 6) is 0. The second kappa shape index (κ2) is 4.41. The van der Waals surface area contributed by atoms with Crippen molar-refractivity contribution in [3.63, 3.8) is 0 Å². The van der Waals surface area contributed by atoms with Gasteiger partial charge in [-0.05, 0) is 44.4 Å². The normalized spacial score (nSPS) is 28.9. The van der Waals surface area contributed by atoms with Gasteiger partial charge in [-0.1, -0.05) is 19.1 Å². The van der Waals surface area contributed by atoms with Gasteiger partial charge in [0.2, 0.25) is 0 Å². The third-order valence-electron chi connectivity index (χ3n) is 4.05. The lowest BCUT2D eigenvalue weighted by atomic mass is 9.84. The molecule has 0 aliphatic heterocycles. The summed E-state index contributed by atoms with van der Waals surface area (Å²) in [5.41, 5.74) is 0.500. The van der Waals surface area contributed by atoms with Gasteiger partial charge >= 0.3 is 0 Å². The smallest absolute Gasteiger partial charge is 0.108 e. The number of aliphatic hydroxyl groups is 1. The molecule has 1 atom stereocenters. The molecular formula is C13H23N3O. The fourth-order valence-corrected chi connectivity index (χ4v) is 2.76. The number of aromatic nitrogens is 3. The Kier molecular flexibility index (Phi) is 3.25. The van der Waals surface area contributed by atoms with Gasteiger partial charge in [-0.2, -0.15) is 0 Å². The van der Waals surface area contributed by atoms with Crippen molar-refractivity contribution in [2.24, 2.45) is 5.41 Å². The van der Waals surface area contributed by atoms with Crippen molar-refractivity contribution in [1.29, 1.82) is 0 Å². The maximum Gasteiger partial charge on any atom is 0.108 e. The first-order chi connectivity index (χ1) is 7.97. The molecule has 0 saturated heterocycles. The molecule has 1 aliphatic carbocycles. The van der Waals surface area contributed by atoms with E-state index in [1.165, 1.54) is 6.42 Å². The highest BCUT2D eigenvalue weighted by Crippen LogP contribution is 2.42. The first-order valence-electron chi connectivity index (χ1n) is 6.58. The Morgan fingerprint density at radius 2 is 2.06 bits per heavy atom. The lowest BCUT2D eigenvalue weighted by molar-refractivity contribution is 0.00944. The second-order valence-corrected chi connectivity index (χ2v) is 5.98. The maximum absolute atomic E-state index is 10.9. The quantitative estimate of drug-likeness (QED) is 0.804. The average Bonchev–Trinajstić information content (AvgIpc) is 2.70. The van der Waals surface area contributed by atoms with Gasteiger partial charge in [0.15, 0.2) is 0 Å². The van der Waals surface area contributed by atoms with Crippen LogP contribution in [-0.2, 0) is 12.1 Å². The van der Waals surface area contributed by atoms with Crippen LogP contribution in [0.25, 0.3) is 0 Å². The van der Waals surface area contributed by atoms with Gasteiger partial charge < -0.3 is 5.11 Å². The van der Waals surface area contributed by atoms with Crippen LogP contribution in [0.3, 0.4) is 0 Å². The highest BCUT2D eigenvalue weighted by molar-refractivity contribution is 5.09. The van der Waals surface area contributed by atoms with Crippen LogP contribution < -0.4 is 0 Å². The summed E-state index contributed by atoms with van der Waals surface area (Å²) in [6.07, 6.45) is 6.67. The van der Waals surface area contributed by atoms with Gasteiger partial charge in [0.05, 0.1) is 11.9 Å². The van der Waals surface area contributed by atoms with Crippen molar-refractivity contribution in [2.45, 2.75) is 65.0 Å². The third kappa shape index (κ3) is 2.51. The summed E-state index contributed by atoms with van der Waals surface area (Å²) in [7, 11) is 0. The SMILES string of the molecule is CCn1nncc1C1(O)CCCC(C)(C)CC1. The van der Waals surface area contributed by atoms with E-state index in [9.17, 15) is 5.11 Å². The monoisotopic (exact) mass is 237 g/mol. The van der Waals surface area contributed by atoms with Crippen molar-refractivity contribution in [1.82, 2.24) is 15.0 Å². The highest BCUT2D eigenvalue weighted by Gasteiger charge is 2.37. The zero-order chi connectivity index (χ0) is 12.5. The molecule has 96 valence electrons. The van der Waals surface area contributed by atoms with E-state index in [4.69, 9.17) is 0 Å². The average molecular weight is 237 g/mol. The summed E-state index contributed by atoms with van der Waals surface area (Å²) < 4.78 is 1.82. The second-order valence-electron chi connectivity index (χ2n) is 5.98. The predicted molar refractivity (Wildman–Crippen MR) is 66.5 cm³/mol. The Morgan fingerprint density at radius 3 is 2.76 bits per heavy atom. The van der Waals surface area contributed by atoms with Crippen molar-refractivity contribution in [3.8, 4) is 0 Å². The van der Waals surface area contributed by atoms with Crippen molar-refractivity contribution in [2.75, 3.05) is 0 Å². The first-order valence-corrected chi connectivity index (χ1v) is 6.58. The lowest BCUT2D eigenvalue weighted by Gasteiger charge is -2.27. The van der Waals surface area contributed by atoms with Crippen LogP contribution >= 0.6 is 0 Å². The molecule has 0 spiro atoms. The fourth-order valence-electron chi connectivity index (χ4n) is 2.76. The van der Waals surface area contributed by atoms with Gasteiger partial charge in [0, 0.05) is 6.54 Å². The topological polar surface area (TPSA) is 50.9 Å². The molecule has 4 heteroatoms. The fraction of sp³-hybridized carbons (Fsp3) is 0.846. The Balaban J connectivity index is 2.24. The van der Waals surface area contributed by atoms with Crippen LogP contribution in [0.1, 0.15) is 58.6 Å². The molecule has 17 heavy (non-hydrogen) atoms. The van der Waals surface area contributed by atoms with Crippen molar-refractivity contribution in [3.05, 3.63) is 11.9 Å². The molecule has 1 fully saturated rings. The van der Waals surface area contributed by atoms with E-state index in [1.807, 2.05) is 11.6 Å². The molecule has 0 bridgehead atoms. The van der Waals surface area contributed by atoms with Gasteiger partial charge in [-0.25, -0.2) is 4.68 Å². The van der Waals surface area contributed by atoms with Crippen molar-refractivity contribution >= 4 is 0 Å². The maximum atomic E-state index is 10.9. The molecular weight excluding hydrogens is 214 g/mol. The first kappa shape index (κ1) is 12.6. The molecule has 1 N–H and O–H groups in total. The molecule has 1 heterocycles. The zero-order valence-corrected chi connectivity index (χ0v) is 11.1. The number of hydrogen-bond donors (Lipinski definition) is 1. The van der Waals surface area contributed by atoms with E-state index < -0.39 is 5.60 Å². The third-order valence-corrected chi connectivity index (χ3v) is 4.05. The molecule has 1 unspecified atom stereocenters. The minimum absolute atomic E-state index is 0.342. The summed E-state index contributed by atoms with van der Waals surface area (Å²) in [5, 5.41) is 18.8. The minimum atomic E-state index is -0.729. The number of hydrogen-bond acceptors (Lipinski definition) is 3. The molecule has 1 saturated carbocycles. The standard InChI is InChI=1S/C13H23N3O/c1-4-16-11(10-14-15-16)13(17)7-5-6-12(2,3)8-9-13/h10,17H,4-9H2,1-3H3. The molecule has 2 rings (SSSR count). The largest absolute Gasteiger partial charge is 0.384 e. The molecule has 0 amide bonds. The van der Waals surface area contributed by atoms with E-state index in [0.717, 1.165) is 37.9 Å². The Hall–Kier alpha value is -0.900. The molecule has 1 aliphatic rings. The molecule has 1 aromatic heterocycles. The van der Waals surface area contributed by atoms with Crippen LogP contribution in [0.15, 0.2) is 6.20 Å². The number of rotatable bonds is 2. The van der Waals surface area contributed by atoms with Crippen LogP contribution in [0.4, 0.5) is 0 Å². The summed E-state index contributed by atoms with van der Waals surface area (Å²) in [6.45, 7) is 7.37. The Bertz CT molecular complexity index is 386. The van der Waals surface area contributed by atoms with E-state index in [-0.39, 0.29) is 0 Å². The summed E-state index contributed by atoms with van der Waals surface area (Å²) in [6, 6.07) is 0. The molecule has 0 radical (unpaired) electrons. The van der Waals surface area contributed by atoms with E-state index in [2.05, 4.69) is 24.2 Å². The zero-order valence-electron chi connectivity index (χ0n) is 11.1. The van der Waals surface area contributed by atoms with Gasteiger partial charge in [-0.15, -0.1) is 5.10 Å². The van der Waals surface area contributed by atoms with E-state index >= 15 is 0 Å². The van der Waals surface area contributed by atoms with Gasteiger partial charge in [0.25, 0.3) is 0 Å². The minimum Gasteiger partial charge on any atom is -0.384 e. The lowest BCUT2D eigenvalue weighted by Crippen LogP contribution is -2.28. The predicted octanol–water partition coefficient (Wildman–Crippen LogP) is 2.48. The Morgan fingerprint density at radius 1 is 1.29 bits per heavy atom. The number of nitrogens with zero attached hydrogens (tertiary/aromatic N) is 3. The highest BCUT2D eigenvalue weighted by atomic mass is 16.3.